The number of alkyl halides is 2. The molecule has 5 nitrogen and oxygen atoms in total. The predicted molar refractivity (Wildman–Crippen MR) is 87.9 cm³/mol. The van der Waals surface area contributed by atoms with Gasteiger partial charge in [0.1, 0.15) is 18.0 Å². The van der Waals surface area contributed by atoms with Gasteiger partial charge in [-0.05, 0) is 24.6 Å². The molecule has 0 spiro atoms. The minimum absolute atomic E-state index is 0.0957. The number of halogens is 3. The molecule has 2 saturated heterocycles. The van der Waals surface area contributed by atoms with E-state index in [1.165, 1.54) is 29.0 Å². The highest BCUT2D eigenvalue weighted by molar-refractivity contribution is 6.04. The summed E-state index contributed by atoms with van der Waals surface area (Å²) in [6, 6.07) is 3.76. The van der Waals surface area contributed by atoms with E-state index >= 15 is 0 Å². The summed E-state index contributed by atoms with van der Waals surface area (Å²) in [6.45, 7) is 2.42. The van der Waals surface area contributed by atoms with E-state index in [1.54, 1.807) is 0 Å². The van der Waals surface area contributed by atoms with Gasteiger partial charge in [0.2, 0.25) is 0 Å². The van der Waals surface area contributed by atoms with E-state index in [0.717, 1.165) is 13.1 Å². The molecule has 0 saturated carbocycles. The topological polar surface area (TPSA) is 43.7 Å². The van der Waals surface area contributed by atoms with Crippen molar-refractivity contribution in [1.82, 2.24) is 9.47 Å². The lowest BCUT2D eigenvalue weighted by molar-refractivity contribution is -0.122. The Morgan fingerprint density at radius 2 is 2.19 bits per heavy atom. The van der Waals surface area contributed by atoms with Gasteiger partial charge in [-0.3, -0.25) is 4.90 Å². The molecule has 0 amide bonds. The van der Waals surface area contributed by atoms with Crippen LogP contribution in [0.1, 0.15) is 16.8 Å². The van der Waals surface area contributed by atoms with E-state index in [1.807, 2.05) is 0 Å². The summed E-state index contributed by atoms with van der Waals surface area (Å²) in [4.78, 5) is 14.9. The lowest BCUT2D eigenvalue weighted by Crippen LogP contribution is -2.54. The molecule has 1 aromatic carbocycles. The highest BCUT2D eigenvalue weighted by Crippen LogP contribution is 2.27. The first-order valence-corrected chi connectivity index (χ1v) is 8.63. The third-order valence-corrected chi connectivity index (χ3v) is 4.98. The summed E-state index contributed by atoms with van der Waals surface area (Å²) < 4.78 is 51.8. The Hall–Kier alpha value is -2.06. The van der Waals surface area contributed by atoms with E-state index in [4.69, 9.17) is 9.47 Å². The van der Waals surface area contributed by atoms with Gasteiger partial charge >= 0.3 is 5.97 Å². The number of carbonyl (C=O) groups is 1. The van der Waals surface area contributed by atoms with Gasteiger partial charge in [0.05, 0.1) is 18.7 Å². The molecule has 2 aromatic rings. The van der Waals surface area contributed by atoms with Crippen LogP contribution in [0.5, 0.6) is 0 Å². The maximum Gasteiger partial charge on any atom is 0.340 e. The third kappa shape index (κ3) is 3.31. The number of rotatable bonds is 4. The van der Waals surface area contributed by atoms with Crippen molar-refractivity contribution in [3.63, 3.8) is 0 Å². The third-order valence-electron chi connectivity index (χ3n) is 4.98. The van der Waals surface area contributed by atoms with Crippen LogP contribution in [-0.4, -0.2) is 60.3 Å². The fraction of sp³-hybridized carbons (Fsp3) is 0.500. The SMILES string of the molecule is O=C(O[C@H]1CCN2CCO[C@H]1C2)c1cn(CC(F)F)c2ccc(F)cc12. The number of carbonyl (C=O) groups excluding carboxylic acids is 1. The van der Waals surface area contributed by atoms with Gasteiger partial charge in [0, 0.05) is 36.7 Å². The van der Waals surface area contributed by atoms with Crippen molar-refractivity contribution in [2.24, 2.45) is 0 Å². The Morgan fingerprint density at radius 1 is 1.35 bits per heavy atom. The number of morpholine rings is 1. The average Bonchev–Trinajstić information content (AvgIpc) is 2.95. The number of esters is 1. The zero-order chi connectivity index (χ0) is 18.3. The largest absolute Gasteiger partial charge is 0.456 e. The minimum atomic E-state index is -2.58. The van der Waals surface area contributed by atoms with Gasteiger partial charge in [0.25, 0.3) is 6.43 Å². The molecule has 0 radical (unpaired) electrons. The fourth-order valence-electron chi connectivity index (χ4n) is 3.72. The van der Waals surface area contributed by atoms with E-state index in [2.05, 4.69) is 4.90 Å². The van der Waals surface area contributed by atoms with Gasteiger partial charge in [-0.2, -0.15) is 0 Å². The van der Waals surface area contributed by atoms with Crippen LogP contribution >= 0.6 is 0 Å². The van der Waals surface area contributed by atoms with Gasteiger partial charge in [-0.1, -0.05) is 0 Å². The molecule has 0 aliphatic carbocycles. The zero-order valence-corrected chi connectivity index (χ0v) is 14.0. The zero-order valence-electron chi connectivity index (χ0n) is 14.0. The number of nitrogens with zero attached hydrogens (tertiary/aromatic N) is 2. The molecule has 1 aromatic heterocycles. The van der Waals surface area contributed by atoms with E-state index in [9.17, 15) is 18.0 Å². The molecule has 140 valence electrons. The summed E-state index contributed by atoms with van der Waals surface area (Å²) in [5, 5.41) is 0.276. The van der Waals surface area contributed by atoms with Crippen LogP contribution in [0.15, 0.2) is 24.4 Å². The summed E-state index contributed by atoms with van der Waals surface area (Å²) in [5.41, 5.74) is 0.473. The molecule has 2 bridgehead atoms. The van der Waals surface area contributed by atoms with Gasteiger partial charge in [-0.15, -0.1) is 0 Å². The van der Waals surface area contributed by atoms with E-state index in [0.29, 0.717) is 25.1 Å². The molecule has 3 heterocycles. The minimum Gasteiger partial charge on any atom is -0.456 e. The van der Waals surface area contributed by atoms with Crippen molar-refractivity contribution in [2.45, 2.75) is 31.6 Å². The van der Waals surface area contributed by atoms with Gasteiger partial charge < -0.3 is 14.0 Å². The summed E-state index contributed by atoms with van der Waals surface area (Å²) >= 11 is 0. The molecule has 8 heteroatoms. The Kier molecular flexibility index (Phi) is 4.62. The first-order chi connectivity index (χ1) is 12.5. The van der Waals surface area contributed by atoms with Crippen molar-refractivity contribution in [3.8, 4) is 0 Å². The molecule has 2 aliphatic heterocycles. The standard InChI is InChI=1S/C18H19F3N2O3/c19-11-1-2-14-12(7-11)13(8-23(14)10-17(20)21)18(24)26-15-3-4-22-5-6-25-16(15)9-22/h1-2,7-8,15-17H,3-6,9-10H2/t15-,16-/m0/s1. The predicted octanol–water partition coefficient (Wildman–Crippen LogP) is 2.68. The summed E-state index contributed by atoms with van der Waals surface area (Å²) in [7, 11) is 0. The molecular formula is C18H19F3N2O3. The average molecular weight is 368 g/mol. The molecule has 0 N–H and O–H groups in total. The highest BCUT2D eigenvalue weighted by atomic mass is 19.3. The van der Waals surface area contributed by atoms with Crippen molar-refractivity contribution in [3.05, 3.63) is 35.8 Å². The second-order valence-electron chi connectivity index (χ2n) is 6.69. The van der Waals surface area contributed by atoms with Crippen LogP contribution < -0.4 is 0 Å². The molecule has 1 unspecified atom stereocenters. The van der Waals surface area contributed by atoms with Gasteiger partial charge in [0.15, 0.2) is 0 Å². The smallest absolute Gasteiger partial charge is 0.340 e. The maximum absolute atomic E-state index is 13.6. The van der Waals surface area contributed by atoms with E-state index < -0.39 is 24.8 Å². The Labute approximate surface area is 148 Å². The molecule has 3 atom stereocenters. The molecule has 26 heavy (non-hydrogen) atoms. The highest BCUT2D eigenvalue weighted by Gasteiger charge is 2.36. The fourth-order valence-corrected chi connectivity index (χ4v) is 3.72. The monoisotopic (exact) mass is 368 g/mol. The molecule has 2 aliphatic rings. The number of ether oxygens (including phenoxy) is 2. The molecular weight excluding hydrogens is 349 g/mol. The number of piperidine rings is 1. The summed E-state index contributed by atoms with van der Waals surface area (Å²) in [6.07, 6.45) is -1.19. The van der Waals surface area contributed by atoms with Crippen molar-refractivity contribution in [2.75, 3.05) is 26.2 Å². The molecule has 2 fully saturated rings. The van der Waals surface area contributed by atoms with E-state index in [-0.39, 0.29) is 23.2 Å². The van der Waals surface area contributed by atoms with Crippen LogP contribution in [-0.2, 0) is 16.0 Å². The number of hydrogen-bond acceptors (Lipinski definition) is 4. The number of benzene rings is 1. The lowest BCUT2D eigenvalue weighted by Gasteiger charge is -2.41. The Balaban J connectivity index is 1.60. The van der Waals surface area contributed by atoms with Crippen LogP contribution in [0.4, 0.5) is 13.2 Å². The van der Waals surface area contributed by atoms with Crippen molar-refractivity contribution < 1.29 is 27.4 Å². The van der Waals surface area contributed by atoms with Crippen LogP contribution in [0.3, 0.4) is 0 Å². The Bertz CT molecular complexity index is 823. The first kappa shape index (κ1) is 17.4. The van der Waals surface area contributed by atoms with Crippen LogP contribution in [0.2, 0.25) is 0 Å². The van der Waals surface area contributed by atoms with Crippen LogP contribution in [0.25, 0.3) is 10.9 Å². The summed E-state index contributed by atoms with van der Waals surface area (Å²) in [5.74, 6) is -1.17. The number of hydrogen-bond donors (Lipinski definition) is 0. The Morgan fingerprint density at radius 3 is 3.00 bits per heavy atom. The van der Waals surface area contributed by atoms with Gasteiger partial charge in [-0.25, -0.2) is 18.0 Å². The normalized spacial score (nSPS) is 25.6. The lowest BCUT2D eigenvalue weighted by atomic mass is 10.0. The number of aromatic nitrogens is 1. The number of fused-ring (bicyclic) bond motifs is 3. The quantitative estimate of drug-likeness (QED) is 0.779. The maximum atomic E-state index is 13.6. The molecule has 4 rings (SSSR count). The van der Waals surface area contributed by atoms with Crippen molar-refractivity contribution in [1.29, 1.82) is 0 Å². The second kappa shape index (κ2) is 6.92. The first-order valence-electron chi connectivity index (χ1n) is 8.63. The van der Waals surface area contributed by atoms with Crippen molar-refractivity contribution >= 4 is 16.9 Å². The second-order valence-corrected chi connectivity index (χ2v) is 6.69. The van der Waals surface area contributed by atoms with Crippen LogP contribution in [0, 0.1) is 5.82 Å².